The van der Waals surface area contributed by atoms with E-state index in [2.05, 4.69) is 69.9 Å². The highest BCUT2D eigenvalue weighted by Gasteiger charge is 2.24. The molecule has 1 aromatic heterocycles. The molecule has 0 bridgehead atoms. The zero-order valence-electron chi connectivity index (χ0n) is 12.8. The van der Waals surface area contributed by atoms with Crippen LogP contribution in [0.15, 0.2) is 48.7 Å². The van der Waals surface area contributed by atoms with Crippen LogP contribution in [0.4, 0.5) is 0 Å². The number of nitrogens with zero attached hydrogens (tertiary/aromatic N) is 2. The van der Waals surface area contributed by atoms with Crippen molar-refractivity contribution in [2.24, 2.45) is 0 Å². The van der Waals surface area contributed by atoms with Crippen molar-refractivity contribution in [1.82, 2.24) is 9.88 Å². The molecule has 3 nitrogen and oxygen atoms in total. The van der Waals surface area contributed by atoms with E-state index in [1.54, 1.807) is 0 Å². The number of hydrogen-bond acceptors (Lipinski definition) is 3. The molecule has 1 aliphatic heterocycles. The van der Waals surface area contributed by atoms with Crippen molar-refractivity contribution in [2.45, 2.75) is 25.0 Å². The number of piperidine rings is 1. The number of hydrogen-bond donors (Lipinski definition) is 0. The lowest BCUT2D eigenvalue weighted by atomic mass is 10.0. The normalized spacial score (nSPS) is 18.3. The van der Waals surface area contributed by atoms with Crippen molar-refractivity contribution < 1.29 is 4.74 Å². The van der Waals surface area contributed by atoms with Crippen LogP contribution < -0.4 is 0 Å². The predicted octanol–water partition coefficient (Wildman–Crippen LogP) is 3.89. The molecule has 0 amide bonds. The Labute approximate surface area is 145 Å². The minimum absolute atomic E-state index is 0.0793. The lowest BCUT2D eigenvalue weighted by Gasteiger charge is -2.32. The third-order valence-corrected chi connectivity index (χ3v) is 4.77. The second-order valence-corrected chi connectivity index (χ2v) is 7.07. The summed E-state index contributed by atoms with van der Waals surface area (Å²) in [7, 11) is 2.17. The fraction of sp³-hybridized carbons (Fsp3) is 0.389. The standard InChI is InChI=1S/C18H21IN2O/c1-21-11-8-16(9-12-21)22-18(17-7-2-3-10-20-17)14-5-4-6-15(19)13-14/h2-7,10,13,16,18H,8-9,11-12H2,1H3. The summed E-state index contributed by atoms with van der Waals surface area (Å²) >= 11 is 2.35. The van der Waals surface area contributed by atoms with Gasteiger partial charge in [0, 0.05) is 22.9 Å². The van der Waals surface area contributed by atoms with E-state index >= 15 is 0 Å². The van der Waals surface area contributed by atoms with Crippen molar-refractivity contribution in [3.8, 4) is 0 Å². The van der Waals surface area contributed by atoms with E-state index in [1.807, 2.05) is 18.3 Å². The predicted molar refractivity (Wildman–Crippen MR) is 96.8 cm³/mol. The fourth-order valence-electron chi connectivity index (χ4n) is 2.83. The minimum Gasteiger partial charge on any atom is -0.364 e. The van der Waals surface area contributed by atoms with Crippen LogP contribution in [0.3, 0.4) is 0 Å². The summed E-state index contributed by atoms with van der Waals surface area (Å²) < 4.78 is 7.70. The van der Waals surface area contributed by atoms with Crippen LogP contribution in [0, 0.1) is 3.57 Å². The van der Waals surface area contributed by atoms with E-state index in [-0.39, 0.29) is 6.10 Å². The lowest BCUT2D eigenvalue weighted by molar-refractivity contribution is -0.0250. The van der Waals surface area contributed by atoms with Crippen LogP contribution in [0.1, 0.15) is 30.2 Å². The molecule has 1 aliphatic rings. The van der Waals surface area contributed by atoms with Gasteiger partial charge in [0.1, 0.15) is 6.10 Å². The van der Waals surface area contributed by atoms with Gasteiger partial charge in [0.05, 0.1) is 11.8 Å². The monoisotopic (exact) mass is 408 g/mol. The van der Waals surface area contributed by atoms with Gasteiger partial charge < -0.3 is 9.64 Å². The van der Waals surface area contributed by atoms with Gasteiger partial charge in [-0.05, 0) is 72.3 Å². The van der Waals surface area contributed by atoms with E-state index in [9.17, 15) is 0 Å². The molecule has 0 aliphatic carbocycles. The highest BCUT2D eigenvalue weighted by atomic mass is 127. The number of pyridine rings is 1. The second-order valence-electron chi connectivity index (χ2n) is 5.83. The van der Waals surface area contributed by atoms with Crippen LogP contribution in [0.2, 0.25) is 0 Å². The highest BCUT2D eigenvalue weighted by Crippen LogP contribution is 2.29. The molecule has 2 heterocycles. The van der Waals surface area contributed by atoms with Gasteiger partial charge in [-0.2, -0.15) is 0 Å². The number of benzene rings is 1. The molecule has 116 valence electrons. The van der Waals surface area contributed by atoms with E-state index in [4.69, 9.17) is 4.74 Å². The van der Waals surface area contributed by atoms with Gasteiger partial charge in [0.15, 0.2) is 0 Å². The van der Waals surface area contributed by atoms with E-state index < -0.39 is 0 Å². The SMILES string of the molecule is CN1CCC(OC(c2cccc(I)c2)c2ccccn2)CC1. The Morgan fingerprint density at radius 3 is 2.68 bits per heavy atom. The molecule has 0 N–H and O–H groups in total. The molecule has 1 unspecified atom stereocenters. The van der Waals surface area contributed by atoms with Crippen molar-refractivity contribution in [2.75, 3.05) is 20.1 Å². The zero-order valence-corrected chi connectivity index (χ0v) is 14.9. The summed E-state index contributed by atoms with van der Waals surface area (Å²) in [5.41, 5.74) is 2.17. The maximum atomic E-state index is 6.47. The van der Waals surface area contributed by atoms with E-state index in [0.29, 0.717) is 6.10 Å². The van der Waals surface area contributed by atoms with Gasteiger partial charge in [-0.15, -0.1) is 0 Å². The smallest absolute Gasteiger partial charge is 0.125 e. The average Bonchev–Trinajstić information content (AvgIpc) is 2.55. The topological polar surface area (TPSA) is 25.4 Å². The van der Waals surface area contributed by atoms with Crippen molar-refractivity contribution in [1.29, 1.82) is 0 Å². The number of ether oxygens (including phenoxy) is 1. The van der Waals surface area contributed by atoms with Crippen molar-refractivity contribution in [3.05, 3.63) is 63.5 Å². The molecule has 2 aromatic rings. The van der Waals surface area contributed by atoms with Crippen LogP contribution in [-0.4, -0.2) is 36.1 Å². The Kier molecular flexibility index (Phi) is 5.44. The maximum Gasteiger partial charge on any atom is 0.125 e. The summed E-state index contributed by atoms with van der Waals surface area (Å²) in [5.74, 6) is 0. The Hall–Kier alpha value is -0.980. The molecule has 0 saturated carbocycles. The third-order valence-electron chi connectivity index (χ3n) is 4.10. The van der Waals surface area contributed by atoms with Crippen LogP contribution in [0.25, 0.3) is 0 Å². The molecule has 1 saturated heterocycles. The van der Waals surface area contributed by atoms with Crippen molar-refractivity contribution >= 4 is 22.6 Å². The van der Waals surface area contributed by atoms with Crippen molar-refractivity contribution in [3.63, 3.8) is 0 Å². The Morgan fingerprint density at radius 1 is 1.18 bits per heavy atom. The maximum absolute atomic E-state index is 6.47. The van der Waals surface area contributed by atoms with Gasteiger partial charge in [0.25, 0.3) is 0 Å². The summed E-state index contributed by atoms with van der Waals surface area (Å²) in [4.78, 5) is 6.89. The first kappa shape index (κ1) is 15.9. The number of likely N-dealkylation sites (tertiary alicyclic amines) is 1. The number of aromatic nitrogens is 1. The van der Waals surface area contributed by atoms with Crippen LogP contribution >= 0.6 is 22.6 Å². The third kappa shape index (κ3) is 4.06. The summed E-state index contributed by atoms with van der Waals surface area (Å²) in [6.07, 6.45) is 4.24. The zero-order chi connectivity index (χ0) is 15.4. The second kappa shape index (κ2) is 7.53. The Bertz CT molecular complexity index is 597. The molecule has 1 atom stereocenters. The first-order valence-electron chi connectivity index (χ1n) is 7.73. The summed E-state index contributed by atoms with van der Waals surface area (Å²) in [5, 5.41) is 0. The van der Waals surface area contributed by atoms with Gasteiger partial charge in [-0.25, -0.2) is 0 Å². The quantitative estimate of drug-likeness (QED) is 0.718. The van der Waals surface area contributed by atoms with Gasteiger partial charge in [-0.1, -0.05) is 18.2 Å². The van der Waals surface area contributed by atoms with Gasteiger partial charge in [-0.3, -0.25) is 4.98 Å². The van der Waals surface area contributed by atoms with E-state index in [1.165, 1.54) is 9.13 Å². The molecule has 3 rings (SSSR count). The minimum atomic E-state index is -0.0793. The lowest BCUT2D eigenvalue weighted by Crippen LogP contribution is -2.35. The molecule has 1 aromatic carbocycles. The molecular formula is C18H21IN2O. The molecule has 4 heteroatoms. The highest BCUT2D eigenvalue weighted by molar-refractivity contribution is 14.1. The summed E-state index contributed by atoms with van der Waals surface area (Å²) in [6.45, 7) is 2.21. The molecule has 0 radical (unpaired) electrons. The number of halogens is 1. The number of rotatable bonds is 4. The molecular weight excluding hydrogens is 387 g/mol. The Morgan fingerprint density at radius 2 is 2.00 bits per heavy atom. The molecule has 1 fully saturated rings. The van der Waals surface area contributed by atoms with Gasteiger partial charge in [0.2, 0.25) is 0 Å². The van der Waals surface area contributed by atoms with Crippen LogP contribution in [-0.2, 0) is 4.74 Å². The Balaban J connectivity index is 1.83. The average molecular weight is 408 g/mol. The fourth-order valence-corrected chi connectivity index (χ4v) is 3.40. The van der Waals surface area contributed by atoms with Gasteiger partial charge >= 0.3 is 0 Å². The molecule has 22 heavy (non-hydrogen) atoms. The summed E-state index contributed by atoms with van der Waals surface area (Å²) in [6, 6.07) is 14.6. The van der Waals surface area contributed by atoms with E-state index in [0.717, 1.165) is 31.6 Å². The van der Waals surface area contributed by atoms with Crippen LogP contribution in [0.5, 0.6) is 0 Å². The largest absolute Gasteiger partial charge is 0.364 e. The first-order valence-corrected chi connectivity index (χ1v) is 8.80. The first-order chi connectivity index (χ1) is 10.7. The molecule has 0 spiro atoms.